The van der Waals surface area contributed by atoms with Crippen molar-refractivity contribution in [1.82, 2.24) is 0 Å². The zero-order valence-corrected chi connectivity index (χ0v) is 11.1. The highest BCUT2D eigenvalue weighted by Gasteiger charge is 2.17. The largest absolute Gasteiger partial charge is 0.508 e. The first kappa shape index (κ1) is 15.0. The van der Waals surface area contributed by atoms with Gasteiger partial charge >= 0.3 is 6.16 Å². The number of allylic oxidation sites excluding steroid dienone is 2. The van der Waals surface area contributed by atoms with Crippen molar-refractivity contribution in [3.8, 4) is 0 Å². The van der Waals surface area contributed by atoms with Gasteiger partial charge in [0.2, 0.25) is 0 Å². The van der Waals surface area contributed by atoms with Gasteiger partial charge in [0.05, 0.1) is 7.11 Å². The summed E-state index contributed by atoms with van der Waals surface area (Å²) in [5.41, 5.74) is -0.222. The van der Waals surface area contributed by atoms with Crippen molar-refractivity contribution in [2.75, 3.05) is 13.7 Å². The summed E-state index contributed by atoms with van der Waals surface area (Å²) < 4.78 is 8.98. The van der Waals surface area contributed by atoms with Crippen LogP contribution in [0.25, 0.3) is 0 Å². The van der Waals surface area contributed by atoms with Crippen molar-refractivity contribution in [2.45, 2.75) is 12.5 Å². The van der Waals surface area contributed by atoms with E-state index in [4.69, 9.17) is 0 Å². The van der Waals surface area contributed by atoms with Crippen LogP contribution in [-0.4, -0.2) is 25.0 Å². The molecule has 1 rings (SSSR count). The van der Waals surface area contributed by atoms with Gasteiger partial charge in [-0.15, -0.1) is 0 Å². The van der Waals surface area contributed by atoms with Gasteiger partial charge in [-0.2, -0.15) is 0 Å². The molecule has 1 unspecified atom stereocenters. The lowest BCUT2D eigenvalue weighted by Gasteiger charge is -2.18. The molecule has 4 heteroatoms. The molecule has 0 fully saturated rings. The summed E-state index contributed by atoms with van der Waals surface area (Å²) in [6, 6.07) is 9.35. The average molecular weight is 262 g/mol. The molecule has 19 heavy (non-hydrogen) atoms. The molecule has 1 aromatic carbocycles. The molecule has 0 aliphatic heterocycles. The third kappa shape index (κ3) is 5.40. The number of ether oxygens (including phenoxy) is 2. The Morgan fingerprint density at radius 2 is 2.00 bits per heavy atom. The molecule has 0 aromatic heterocycles. The predicted octanol–water partition coefficient (Wildman–Crippen LogP) is 2.79. The van der Waals surface area contributed by atoms with Crippen LogP contribution in [0.4, 0.5) is 4.79 Å². The monoisotopic (exact) mass is 262 g/mol. The van der Waals surface area contributed by atoms with Gasteiger partial charge in [-0.05, 0) is 24.6 Å². The van der Waals surface area contributed by atoms with E-state index in [1.54, 1.807) is 31.2 Å². The maximum absolute atomic E-state index is 10.7. The van der Waals surface area contributed by atoms with E-state index < -0.39 is 11.8 Å². The summed E-state index contributed by atoms with van der Waals surface area (Å²) in [5, 5.41) is 10.2. The molecule has 0 aliphatic rings. The van der Waals surface area contributed by atoms with Crippen LogP contribution < -0.4 is 0 Å². The molecule has 0 bridgehead atoms. The molecule has 4 nitrogen and oxygen atoms in total. The Hall–Kier alpha value is -2.07. The Morgan fingerprint density at radius 1 is 1.32 bits per heavy atom. The number of rotatable bonds is 5. The molecule has 0 aliphatic carbocycles. The van der Waals surface area contributed by atoms with E-state index in [0.717, 1.165) is 5.56 Å². The quantitative estimate of drug-likeness (QED) is 0.655. The molecule has 102 valence electrons. The van der Waals surface area contributed by atoms with E-state index >= 15 is 0 Å². The van der Waals surface area contributed by atoms with Gasteiger partial charge < -0.3 is 14.6 Å². The summed E-state index contributed by atoms with van der Waals surface area (Å²) >= 11 is 0. The summed E-state index contributed by atoms with van der Waals surface area (Å²) in [5.74, 6) is 0. The van der Waals surface area contributed by atoms with E-state index in [2.05, 4.69) is 9.47 Å². The van der Waals surface area contributed by atoms with E-state index in [0.29, 0.717) is 0 Å². The molecule has 1 atom stereocenters. The summed E-state index contributed by atoms with van der Waals surface area (Å²) in [7, 11) is 1.25. The Morgan fingerprint density at radius 3 is 2.63 bits per heavy atom. The van der Waals surface area contributed by atoms with Crippen molar-refractivity contribution in [3.63, 3.8) is 0 Å². The van der Waals surface area contributed by atoms with Crippen LogP contribution in [0, 0.1) is 0 Å². The van der Waals surface area contributed by atoms with Gasteiger partial charge in [0.15, 0.2) is 0 Å². The molecule has 0 radical (unpaired) electrons. The van der Waals surface area contributed by atoms with Gasteiger partial charge in [-0.25, -0.2) is 4.79 Å². The molecule has 0 heterocycles. The number of hydrogen-bond donors (Lipinski definition) is 1. The first-order valence-electron chi connectivity index (χ1n) is 5.89. The molecule has 1 aromatic rings. The van der Waals surface area contributed by atoms with Crippen LogP contribution in [-0.2, 0) is 15.1 Å². The van der Waals surface area contributed by atoms with E-state index in [9.17, 15) is 9.90 Å². The zero-order chi connectivity index (χ0) is 14.1. The Labute approximate surface area is 113 Å². The lowest BCUT2D eigenvalue weighted by molar-refractivity contribution is 0.0817. The maximum Gasteiger partial charge on any atom is 0.508 e. The van der Waals surface area contributed by atoms with E-state index in [1.165, 1.54) is 7.11 Å². The molecule has 0 amide bonds. The Kier molecular flexibility index (Phi) is 5.82. The van der Waals surface area contributed by atoms with Crippen molar-refractivity contribution < 1.29 is 19.4 Å². The fourth-order valence-electron chi connectivity index (χ4n) is 1.42. The number of hydrogen-bond acceptors (Lipinski definition) is 4. The minimum atomic E-state index is -1.03. The van der Waals surface area contributed by atoms with Crippen molar-refractivity contribution in [3.05, 3.63) is 60.2 Å². The van der Waals surface area contributed by atoms with Gasteiger partial charge in [-0.1, -0.05) is 42.5 Å². The molecule has 0 saturated heterocycles. The number of carbonyl (C=O) groups is 1. The number of aliphatic hydroxyl groups is 1. The second kappa shape index (κ2) is 7.38. The highest BCUT2D eigenvalue weighted by atomic mass is 16.7. The maximum atomic E-state index is 10.7. The molecule has 0 saturated carbocycles. The van der Waals surface area contributed by atoms with Crippen LogP contribution in [0.1, 0.15) is 12.5 Å². The molecule has 1 N–H and O–H groups in total. The number of benzene rings is 1. The predicted molar refractivity (Wildman–Crippen MR) is 72.6 cm³/mol. The average Bonchev–Trinajstić information content (AvgIpc) is 2.43. The SMILES string of the molecule is COC(=O)OC/C=C/C=C/C(C)(O)c1ccccc1. The lowest BCUT2D eigenvalue weighted by atomic mass is 9.96. The second-order valence-electron chi connectivity index (χ2n) is 4.07. The summed E-state index contributed by atoms with van der Waals surface area (Å²) in [6.07, 6.45) is 5.99. The number of carbonyl (C=O) groups excluding carboxylic acids is 1. The van der Waals surface area contributed by atoms with Crippen molar-refractivity contribution >= 4 is 6.16 Å². The lowest BCUT2D eigenvalue weighted by Crippen LogP contribution is -2.17. The van der Waals surface area contributed by atoms with Gasteiger partial charge in [0.25, 0.3) is 0 Å². The van der Waals surface area contributed by atoms with Crippen molar-refractivity contribution in [2.24, 2.45) is 0 Å². The van der Waals surface area contributed by atoms with E-state index in [-0.39, 0.29) is 6.61 Å². The minimum absolute atomic E-state index is 0.129. The van der Waals surface area contributed by atoms with Crippen LogP contribution in [0.3, 0.4) is 0 Å². The van der Waals surface area contributed by atoms with Crippen molar-refractivity contribution in [1.29, 1.82) is 0 Å². The van der Waals surface area contributed by atoms with E-state index in [1.807, 2.05) is 30.3 Å². The summed E-state index contributed by atoms with van der Waals surface area (Å²) in [6.45, 7) is 1.84. The third-order valence-electron chi connectivity index (χ3n) is 2.49. The molecular weight excluding hydrogens is 244 g/mol. The topological polar surface area (TPSA) is 55.8 Å². The number of methoxy groups -OCH3 is 1. The standard InChI is InChI=1S/C15H18O4/c1-15(17,13-9-5-3-6-10-13)11-7-4-8-12-19-14(16)18-2/h3-11,17H,12H2,1-2H3/b8-4+,11-7+. The fourth-order valence-corrected chi connectivity index (χ4v) is 1.42. The van der Waals surface area contributed by atoms with Gasteiger partial charge in [0.1, 0.15) is 12.2 Å². The summed E-state index contributed by atoms with van der Waals surface area (Å²) in [4.78, 5) is 10.7. The molecule has 0 spiro atoms. The van der Waals surface area contributed by atoms with Gasteiger partial charge in [-0.3, -0.25) is 0 Å². The van der Waals surface area contributed by atoms with Crippen LogP contribution in [0.15, 0.2) is 54.6 Å². The first-order chi connectivity index (χ1) is 9.06. The highest BCUT2D eigenvalue weighted by molar-refractivity contribution is 5.59. The van der Waals surface area contributed by atoms with Crippen LogP contribution in [0.2, 0.25) is 0 Å². The normalized spacial score (nSPS) is 14.5. The fraction of sp³-hybridized carbons (Fsp3) is 0.267. The second-order valence-corrected chi connectivity index (χ2v) is 4.07. The minimum Gasteiger partial charge on any atom is -0.438 e. The smallest absolute Gasteiger partial charge is 0.438 e. The van der Waals surface area contributed by atoms with Crippen LogP contribution >= 0.6 is 0 Å². The van der Waals surface area contributed by atoms with Crippen LogP contribution in [0.5, 0.6) is 0 Å². The third-order valence-corrected chi connectivity index (χ3v) is 2.49. The highest BCUT2D eigenvalue weighted by Crippen LogP contribution is 2.21. The van der Waals surface area contributed by atoms with Gasteiger partial charge in [0, 0.05) is 0 Å². The first-order valence-corrected chi connectivity index (χ1v) is 5.89. The zero-order valence-electron chi connectivity index (χ0n) is 11.1. The molecular formula is C15H18O4. The Balaban J connectivity index is 2.48. The Bertz CT molecular complexity index is 446.